The Morgan fingerprint density at radius 2 is 2.10 bits per heavy atom. The van der Waals surface area contributed by atoms with Crippen LogP contribution in [0, 0.1) is 0 Å². The lowest BCUT2D eigenvalue weighted by atomic mass is 10.1. The molecule has 1 aromatic carbocycles. The highest BCUT2D eigenvalue weighted by atomic mass is 35.5. The molecule has 0 saturated carbocycles. The summed E-state index contributed by atoms with van der Waals surface area (Å²) in [5, 5.41) is 0.687. The maximum atomic E-state index is 11.9. The molecule has 0 radical (unpaired) electrons. The summed E-state index contributed by atoms with van der Waals surface area (Å²) in [7, 11) is 1.64. The SMILES string of the molecule is C=CCC(Cc1ccc(Cl)cc1)OC(=O)N(C)COCC. The molecule has 1 rings (SSSR count). The average Bonchev–Trinajstić information content (AvgIpc) is 2.47. The molecule has 0 aromatic heterocycles. The lowest BCUT2D eigenvalue weighted by Gasteiger charge is -2.22. The Morgan fingerprint density at radius 1 is 1.43 bits per heavy atom. The Kier molecular flexibility index (Phi) is 7.87. The molecule has 1 amide bonds. The van der Waals surface area contributed by atoms with Crippen molar-refractivity contribution >= 4 is 17.7 Å². The standard InChI is InChI=1S/C16H22ClNO3/c1-4-6-15(11-13-7-9-14(17)10-8-13)21-16(19)18(3)12-20-5-2/h4,7-10,15H,1,5-6,11-12H2,2-3H3. The van der Waals surface area contributed by atoms with Gasteiger partial charge in [-0.3, -0.25) is 4.90 Å². The minimum atomic E-state index is -0.399. The molecule has 0 aliphatic rings. The number of benzene rings is 1. The summed E-state index contributed by atoms with van der Waals surface area (Å²) >= 11 is 5.86. The molecule has 0 aliphatic heterocycles. The van der Waals surface area contributed by atoms with Crippen LogP contribution in [0.1, 0.15) is 18.9 Å². The Hall–Kier alpha value is -1.52. The van der Waals surface area contributed by atoms with E-state index < -0.39 is 6.09 Å². The van der Waals surface area contributed by atoms with Crippen LogP contribution in [0.25, 0.3) is 0 Å². The zero-order chi connectivity index (χ0) is 15.7. The van der Waals surface area contributed by atoms with E-state index in [1.807, 2.05) is 31.2 Å². The third-order valence-electron chi connectivity index (χ3n) is 2.87. The molecule has 0 aliphatic carbocycles. The zero-order valence-electron chi connectivity index (χ0n) is 12.5. The van der Waals surface area contributed by atoms with Crippen molar-refractivity contribution in [3.8, 4) is 0 Å². The minimum Gasteiger partial charge on any atom is -0.445 e. The molecule has 0 heterocycles. The van der Waals surface area contributed by atoms with Crippen LogP contribution in [0.15, 0.2) is 36.9 Å². The predicted octanol–water partition coefficient (Wildman–Crippen LogP) is 3.89. The molecule has 0 spiro atoms. The van der Waals surface area contributed by atoms with Crippen LogP contribution in [0.5, 0.6) is 0 Å². The van der Waals surface area contributed by atoms with Gasteiger partial charge in [-0.05, 0) is 24.6 Å². The molecule has 0 fully saturated rings. The summed E-state index contributed by atoms with van der Waals surface area (Å²) < 4.78 is 10.7. The van der Waals surface area contributed by atoms with Gasteiger partial charge in [-0.1, -0.05) is 29.8 Å². The van der Waals surface area contributed by atoms with E-state index >= 15 is 0 Å². The largest absolute Gasteiger partial charge is 0.445 e. The number of ether oxygens (including phenoxy) is 2. The normalized spacial score (nSPS) is 11.8. The smallest absolute Gasteiger partial charge is 0.411 e. The monoisotopic (exact) mass is 311 g/mol. The molecule has 4 nitrogen and oxygen atoms in total. The van der Waals surface area contributed by atoms with Gasteiger partial charge >= 0.3 is 6.09 Å². The molecule has 21 heavy (non-hydrogen) atoms. The maximum Gasteiger partial charge on any atom is 0.411 e. The highest BCUT2D eigenvalue weighted by molar-refractivity contribution is 6.30. The first-order chi connectivity index (χ1) is 10.1. The molecule has 116 valence electrons. The molecular weight excluding hydrogens is 290 g/mol. The van der Waals surface area contributed by atoms with E-state index in [2.05, 4.69) is 6.58 Å². The number of carbonyl (C=O) groups excluding carboxylic acids is 1. The number of carbonyl (C=O) groups is 1. The molecule has 0 N–H and O–H groups in total. The van der Waals surface area contributed by atoms with Crippen molar-refractivity contribution in [3.05, 3.63) is 47.5 Å². The first-order valence-electron chi connectivity index (χ1n) is 6.91. The predicted molar refractivity (Wildman–Crippen MR) is 84.5 cm³/mol. The van der Waals surface area contributed by atoms with Gasteiger partial charge in [-0.25, -0.2) is 4.79 Å². The zero-order valence-corrected chi connectivity index (χ0v) is 13.3. The van der Waals surface area contributed by atoms with Crippen molar-refractivity contribution in [1.82, 2.24) is 4.90 Å². The van der Waals surface area contributed by atoms with E-state index in [0.717, 1.165) is 5.56 Å². The average molecular weight is 312 g/mol. The van der Waals surface area contributed by atoms with Crippen LogP contribution in [-0.2, 0) is 15.9 Å². The number of rotatable bonds is 8. The number of nitrogens with zero attached hydrogens (tertiary/aromatic N) is 1. The Labute approximate surface area is 131 Å². The van der Waals surface area contributed by atoms with Crippen LogP contribution in [0.3, 0.4) is 0 Å². The number of amides is 1. The van der Waals surface area contributed by atoms with Crippen LogP contribution in [0.2, 0.25) is 5.02 Å². The lowest BCUT2D eigenvalue weighted by Crippen LogP contribution is -2.33. The summed E-state index contributed by atoms with van der Waals surface area (Å²) in [6.45, 7) is 6.36. The minimum absolute atomic E-state index is 0.219. The first-order valence-corrected chi connectivity index (χ1v) is 7.29. The van der Waals surface area contributed by atoms with E-state index in [1.54, 1.807) is 13.1 Å². The summed E-state index contributed by atoms with van der Waals surface area (Å²) in [6.07, 6.45) is 2.31. The topological polar surface area (TPSA) is 38.8 Å². The molecule has 1 unspecified atom stereocenters. The Morgan fingerprint density at radius 3 is 2.67 bits per heavy atom. The van der Waals surface area contributed by atoms with Crippen LogP contribution in [-0.4, -0.2) is 37.5 Å². The molecule has 0 bridgehead atoms. The van der Waals surface area contributed by atoms with Crippen molar-refractivity contribution < 1.29 is 14.3 Å². The van der Waals surface area contributed by atoms with Gasteiger partial charge in [0.2, 0.25) is 0 Å². The van der Waals surface area contributed by atoms with E-state index in [-0.39, 0.29) is 12.8 Å². The second-order valence-electron chi connectivity index (χ2n) is 4.68. The Bertz CT molecular complexity index is 447. The fourth-order valence-electron chi connectivity index (χ4n) is 1.76. The van der Waals surface area contributed by atoms with Gasteiger partial charge in [-0.2, -0.15) is 0 Å². The second kappa shape index (κ2) is 9.42. The molecule has 1 atom stereocenters. The molecular formula is C16H22ClNO3. The van der Waals surface area contributed by atoms with Crippen molar-refractivity contribution in [1.29, 1.82) is 0 Å². The third-order valence-corrected chi connectivity index (χ3v) is 3.13. The highest BCUT2D eigenvalue weighted by Gasteiger charge is 2.17. The second-order valence-corrected chi connectivity index (χ2v) is 5.12. The van der Waals surface area contributed by atoms with Crippen molar-refractivity contribution in [3.63, 3.8) is 0 Å². The van der Waals surface area contributed by atoms with Crippen molar-refractivity contribution in [2.75, 3.05) is 20.4 Å². The molecule has 0 saturated heterocycles. The number of halogens is 1. The van der Waals surface area contributed by atoms with Crippen LogP contribution >= 0.6 is 11.6 Å². The molecule has 1 aromatic rings. The van der Waals surface area contributed by atoms with Gasteiger partial charge in [0.15, 0.2) is 0 Å². The fraction of sp³-hybridized carbons (Fsp3) is 0.438. The number of hydrogen-bond acceptors (Lipinski definition) is 3. The summed E-state index contributed by atoms with van der Waals surface area (Å²) in [6, 6.07) is 7.50. The summed E-state index contributed by atoms with van der Waals surface area (Å²) in [4.78, 5) is 13.4. The van der Waals surface area contributed by atoms with E-state index in [0.29, 0.717) is 24.5 Å². The first kappa shape index (κ1) is 17.5. The van der Waals surface area contributed by atoms with Crippen LogP contribution in [0.4, 0.5) is 4.79 Å². The van der Waals surface area contributed by atoms with Gasteiger partial charge < -0.3 is 9.47 Å². The van der Waals surface area contributed by atoms with E-state index in [1.165, 1.54) is 4.90 Å². The molecule has 5 heteroatoms. The van der Waals surface area contributed by atoms with E-state index in [9.17, 15) is 4.79 Å². The van der Waals surface area contributed by atoms with Gasteiger partial charge in [0.25, 0.3) is 0 Å². The maximum absolute atomic E-state index is 11.9. The van der Waals surface area contributed by atoms with Crippen molar-refractivity contribution in [2.45, 2.75) is 25.9 Å². The van der Waals surface area contributed by atoms with E-state index in [4.69, 9.17) is 21.1 Å². The van der Waals surface area contributed by atoms with Gasteiger partial charge in [-0.15, -0.1) is 6.58 Å². The lowest BCUT2D eigenvalue weighted by molar-refractivity contribution is 0.0196. The van der Waals surface area contributed by atoms with Crippen LogP contribution < -0.4 is 0 Å². The Balaban J connectivity index is 2.58. The summed E-state index contributed by atoms with van der Waals surface area (Å²) in [5.74, 6) is 0. The fourth-order valence-corrected chi connectivity index (χ4v) is 1.88. The summed E-state index contributed by atoms with van der Waals surface area (Å²) in [5.41, 5.74) is 1.06. The van der Waals surface area contributed by atoms with Gasteiger partial charge in [0, 0.05) is 31.5 Å². The highest BCUT2D eigenvalue weighted by Crippen LogP contribution is 2.14. The number of hydrogen-bond donors (Lipinski definition) is 0. The third kappa shape index (κ3) is 6.65. The van der Waals surface area contributed by atoms with Crippen molar-refractivity contribution in [2.24, 2.45) is 0 Å². The van der Waals surface area contributed by atoms with Gasteiger partial charge in [0.1, 0.15) is 12.8 Å². The quantitative estimate of drug-likeness (QED) is 0.540. The van der Waals surface area contributed by atoms with Gasteiger partial charge in [0.05, 0.1) is 0 Å².